The largest absolute Gasteiger partial charge is 0.496 e. The van der Waals surface area contributed by atoms with Gasteiger partial charge in [0, 0.05) is 5.69 Å². The van der Waals surface area contributed by atoms with Gasteiger partial charge in [0.1, 0.15) is 11.6 Å². The maximum Gasteiger partial charge on any atom is 0.277 e. The van der Waals surface area contributed by atoms with Crippen LogP contribution in [0.15, 0.2) is 64.2 Å². The summed E-state index contributed by atoms with van der Waals surface area (Å²) in [6, 6.07) is 17.0. The summed E-state index contributed by atoms with van der Waals surface area (Å²) in [5, 5.41) is 11.6. The average molecular weight is 421 g/mol. The topological polar surface area (TPSA) is 125 Å². The Bertz CT molecular complexity index is 1140. The first-order chi connectivity index (χ1) is 14.6. The lowest BCUT2D eigenvalue weighted by atomic mass is 10.2. The van der Waals surface area contributed by atoms with Crippen LogP contribution in [0, 0.1) is 0 Å². The zero-order valence-electron chi connectivity index (χ0n) is 16.3. The first-order valence-corrected chi connectivity index (χ1v) is 9.97. The monoisotopic (exact) mass is 421 g/mol. The lowest BCUT2D eigenvalue weighted by Crippen LogP contribution is -2.08. The number of ether oxygens (including phenoxy) is 1. The second-order valence-corrected chi connectivity index (χ2v) is 7.49. The zero-order chi connectivity index (χ0) is 20.9. The Balaban J connectivity index is 1.52. The van der Waals surface area contributed by atoms with Gasteiger partial charge in [-0.05, 0) is 31.2 Å². The summed E-state index contributed by atoms with van der Waals surface area (Å²) in [7, 11) is 1.60. The Hall–Kier alpha value is -3.66. The van der Waals surface area contributed by atoms with Crippen LogP contribution in [0.25, 0.3) is 11.5 Å². The maximum absolute atomic E-state index is 5.88. The van der Waals surface area contributed by atoms with E-state index in [-0.39, 0.29) is 11.2 Å². The van der Waals surface area contributed by atoms with Gasteiger partial charge in [0.15, 0.2) is 0 Å². The fourth-order valence-corrected chi connectivity index (χ4v) is 3.42. The summed E-state index contributed by atoms with van der Waals surface area (Å²) >= 11 is 1.33. The van der Waals surface area contributed by atoms with Crippen LogP contribution in [0.1, 0.15) is 18.0 Å². The number of thioether (sulfide) groups is 1. The molecule has 0 bridgehead atoms. The van der Waals surface area contributed by atoms with E-state index in [1.54, 1.807) is 7.11 Å². The van der Waals surface area contributed by atoms with Crippen LogP contribution in [0.3, 0.4) is 0 Å². The molecule has 30 heavy (non-hydrogen) atoms. The fourth-order valence-electron chi connectivity index (χ4n) is 2.69. The Kier molecular flexibility index (Phi) is 5.75. The molecule has 0 fully saturated rings. The lowest BCUT2D eigenvalue weighted by molar-refractivity contribution is 0.411. The third kappa shape index (κ3) is 4.49. The van der Waals surface area contributed by atoms with Crippen LogP contribution in [-0.2, 0) is 0 Å². The highest BCUT2D eigenvalue weighted by atomic mass is 32.2. The SMILES string of the molecule is COc1ccccc1-c1nnc(SC(C)c2nc(N)nc(Nc3ccccc3)n2)o1. The molecule has 0 saturated carbocycles. The second kappa shape index (κ2) is 8.78. The summed E-state index contributed by atoms with van der Waals surface area (Å²) in [5.41, 5.74) is 7.46. The van der Waals surface area contributed by atoms with E-state index in [1.807, 2.05) is 61.5 Å². The van der Waals surface area contributed by atoms with Crippen molar-refractivity contribution in [2.75, 3.05) is 18.2 Å². The molecule has 10 heteroatoms. The van der Waals surface area contributed by atoms with Gasteiger partial charge in [0.25, 0.3) is 11.1 Å². The molecule has 0 amide bonds. The Morgan fingerprint density at radius 1 is 1.00 bits per heavy atom. The van der Waals surface area contributed by atoms with E-state index in [0.717, 1.165) is 11.3 Å². The molecule has 9 nitrogen and oxygen atoms in total. The molecule has 2 heterocycles. The molecule has 0 radical (unpaired) electrons. The first kappa shape index (κ1) is 19.6. The number of hydrogen-bond acceptors (Lipinski definition) is 10. The van der Waals surface area contributed by atoms with Crippen LogP contribution in [-0.4, -0.2) is 32.3 Å². The van der Waals surface area contributed by atoms with Crippen LogP contribution in [0.4, 0.5) is 17.6 Å². The predicted octanol–water partition coefficient (Wildman–Crippen LogP) is 4.11. The minimum absolute atomic E-state index is 0.131. The van der Waals surface area contributed by atoms with Gasteiger partial charge in [0.2, 0.25) is 11.9 Å². The van der Waals surface area contributed by atoms with Gasteiger partial charge in [-0.1, -0.05) is 42.1 Å². The van der Waals surface area contributed by atoms with Gasteiger partial charge < -0.3 is 20.2 Å². The van der Waals surface area contributed by atoms with Crippen molar-refractivity contribution in [3.63, 3.8) is 0 Å². The Labute approximate surface area is 177 Å². The normalized spacial score (nSPS) is 11.8. The number of anilines is 3. The molecule has 0 saturated heterocycles. The minimum Gasteiger partial charge on any atom is -0.496 e. The number of aromatic nitrogens is 5. The molecule has 1 unspecified atom stereocenters. The smallest absolute Gasteiger partial charge is 0.277 e. The maximum atomic E-state index is 5.88. The van der Waals surface area contributed by atoms with Gasteiger partial charge >= 0.3 is 0 Å². The summed E-state index contributed by atoms with van der Waals surface area (Å²) in [6.07, 6.45) is 0. The summed E-state index contributed by atoms with van der Waals surface area (Å²) in [4.78, 5) is 12.9. The highest BCUT2D eigenvalue weighted by Gasteiger charge is 2.19. The van der Waals surface area contributed by atoms with Crippen molar-refractivity contribution in [2.45, 2.75) is 17.4 Å². The molecule has 1 atom stereocenters. The van der Waals surface area contributed by atoms with Crippen molar-refractivity contribution in [3.8, 4) is 17.2 Å². The second-order valence-electron chi connectivity index (χ2n) is 6.20. The standard InChI is InChI=1S/C20H19N7O2S/c1-12(16-23-18(21)25-19(24-16)22-13-8-4-3-5-9-13)30-20-27-26-17(29-20)14-10-6-7-11-15(14)28-2/h3-12H,1-2H3,(H3,21,22,23,24,25). The average Bonchev–Trinajstić information content (AvgIpc) is 3.22. The van der Waals surface area contributed by atoms with Crippen molar-refractivity contribution in [2.24, 2.45) is 0 Å². The van der Waals surface area contributed by atoms with Crippen LogP contribution in [0.2, 0.25) is 0 Å². The highest BCUT2D eigenvalue weighted by Crippen LogP contribution is 2.36. The summed E-state index contributed by atoms with van der Waals surface area (Å²) in [6.45, 7) is 1.93. The number of nitrogen functional groups attached to an aromatic ring is 1. The zero-order valence-corrected chi connectivity index (χ0v) is 17.1. The van der Waals surface area contributed by atoms with Crippen molar-refractivity contribution < 1.29 is 9.15 Å². The summed E-state index contributed by atoms with van der Waals surface area (Å²) < 4.78 is 11.2. The van der Waals surface area contributed by atoms with E-state index >= 15 is 0 Å². The Morgan fingerprint density at radius 2 is 1.77 bits per heavy atom. The molecule has 0 aliphatic heterocycles. The molecule has 0 spiro atoms. The van der Waals surface area contributed by atoms with Gasteiger partial charge in [-0.15, -0.1) is 10.2 Å². The van der Waals surface area contributed by atoms with E-state index in [0.29, 0.717) is 28.6 Å². The number of nitrogens with one attached hydrogen (secondary N) is 1. The molecule has 0 aliphatic rings. The van der Waals surface area contributed by atoms with E-state index in [4.69, 9.17) is 14.9 Å². The number of benzene rings is 2. The van der Waals surface area contributed by atoms with Gasteiger partial charge in [-0.3, -0.25) is 0 Å². The van der Waals surface area contributed by atoms with E-state index in [9.17, 15) is 0 Å². The number of hydrogen-bond donors (Lipinski definition) is 2. The number of nitrogens with zero attached hydrogens (tertiary/aromatic N) is 5. The number of para-hydroxylation sites is 2. The molecule has 3 N–H and O–H groups in total. The molecule has 4 rings (SSSR count). The molecule has 2 aromatic carbocycles. The quantitative estimate of drug-likeness (QED) is 0.421. The molecule has 0 aliphatic carbocycles. The lowest BCUT2D eigenvalue weighted by Gasteiger charge is -2.10. The molecular formula is C20H19N7O2S. The molecule has 2 aromatic heterocycles. The van der Waals surface area contributed by atoms with E-state index in [2.05, 4.69) is 30.5 Å². The van der Waals surface area contributed by atoms with E-state index < -0.39 is 0 Å². The third-order valence-electron chi connectivity index (χ3n) is 4.08. The number of nitrogens with two attached hydrogens (primary N) is 1. The van der Waals surface area contributed by atoms with Crippen LogP contribution >= 0.6 is 11.8 Å². The van der Waals surface area contributed by atoms with Gasteiger partial charge in [0.05, 0.1) is 17.9 Å². The molecule has 152 valence electrons. The van der Waals surface area contributed by atoms with Crippen LogP contribution in [0.5, 0.6) is 5.75 Å². The van der Waals surface area contributed by atoms with Crippen molar-refractivity contribution >= 4 is 29.3 Å². The predicted molar refractivity (Wildman–Crippen MR) is 115 cm³/mol. The van der Waals surface area contributed by atoms with Gasteiger partial charge in [-0.25, -0.2) is 0 Å². The van der Waals surface area contributed by atoms with Crippen molar-refractivity contribution in [1.29, 1.82) is 0 Å². The van der Waals surface area contributed by atoms with Crippen LogP contribution < -0.4 is 15.8 Å². The van der Waals surface area contributed by atoms with Crippen molar-refractivity contribution in [1.82, 2.24) is 25.1 Å². The highest BCUT2D eigenvalue weighted by molar-refractivity contribution is 7.99. The fraction of sp³-hybridized carbons (Fsp3) is 0.150. The minimum atomic E-state index is -0.197. The van der Waals surface area contributed by atoms with Crippen molar-refractivity contribution in [3.05, 3.63) is 60.4 Å². The van der Waals surface area contributed by atoms with E-state index in [1.165, 1.54) is 11.8 Å². The van der Waals surface area contributed by atoms with Gasteiger partial charge in [-0.2, -0.15) is 15.0 Å². The molecular weight excluding hydrogens is 402 g/mol. The third-order valence-corrected chi connectivity index (χ3v) is 5.02. The number of rotatable bonds is 7. The number of methoxy groups -OCH3 is 1. The summed E-state index contributed by atoms with van der Waals surface area (Å²) in [5.74, 6) is 2.04. The molecule has 4 aromatic rings. The first-order valence-electron chi connectivity index (χ1n) is 9.09. The Morgan fingerprint density at radius 3 is 2.57 bits per heavy atom.